The summed E-state index contributed by atoms with van der Waals surface area (Å²) in [6.07, 6.45) is 0. The Labute approximate surface area is 157 Å². The van der Waals surface area contributed by atoms with Gasteiger partial charge >= 0.3 is 0 Å². The fourth-order valence-corrected chi connectivity index (χ4v) is 2.46. The van der Waals surface area contributed by atoms with Crippen molar-refractivity contribution in [2.75, 3.05) is 26.1 Å². The molecule has 0 radical (unpaired) electrons. The maximum atomic E-state index is 12.1. The van der Waals surface area contributed by atoms with E-state index in [1.807, 2.05) is 67.5 Å². The van der Waals surface area contributed by atoms with Crippen molar-refractivity contribution in [1.82, 2.24) is 25.5 Å². The van der Waals surface area contributed by atoms with Crippen molar-refractivity contribution in [2.24, 2.45) is 0 Å². The molecule has 140 valence electrons. The fourth-order valence-electron chi connectivity index (χ4n) is 2.46. The van der Waals surface area contributed by atoms with Gasteiger partial charge in [0.15, 0.2) is 0 Å². The Kier molecular flexibility index (Phi) is 5.65. The Bertz CT molecular complexity index is 887. The quantitative estimate of drug-likeness (QED) is 0.685. The van der Waals surface area contributed by atoms with Gasteiger partial charge in [-0.3, -0.25) is 4.79 Å². The highest BCUT2D eigenvalue weighted by molar-refractivity contribution is 5.75. The Hall–Kier alpha value is -3.42. The van der Waals surface area contributed by atoms with Crippen LogP contribution in [-0.2, 0) is 17.9 Å². The van der Waals surface area contributed by atoms with Gasteiger partial charge in [-0.25, -0.2) is 0 Å². The van der Waals surface area contributed by atoms with E-state index in [2.05, 4.69) is 20.7 Å². The summed E-state index contributed by atoms with van der Waals surface area (Å²) in [7, 11) is 5.58. The molecule has 1 amide bonds. The second kappa shape index (κ2) is 8.31. The first kappa shape index (κ1) is 18.4. The number of carbonyl (C=O) groups is 1. The first-order chi connectivity index (χ1) is 13.0. The van der Waals surface area contributed by atoms with Crippen LogP contribution in [-0.4, -0.2) is 47.3 Å². The van der Waals surface area contributed by atoms with Crippen molar-refractivity contribution in [3.05, 3.63) is 54.1 Å². The van der Waals surface area contributed by atoms with Crippen molar-refractivity contribution in [3.8, 4) is 17.1 Å². The van der Waals surface area contributed by atoms with Crippen LogP contribution in [0.4, 0.5) is 5.69 Å². The van der Waals surface area contributed by atoms with Gasteiger partial charge in [-0.1, -0.05) is 12.1 Å². The third-order valence-electron chi connectivity index (χ3n) is 4.03. The molecule has 0 bridgehead atoms. The van der Waals surface area contributed by atoms with Crippen LogP contribution in [0.25, 0.3) is 11.4 Å². The van der Waals surface area contributed by atoms with E-state index in [0.717, 1.165) is 22.6 Å². The fraction of sp³-hybridized carbons (Fsp3) is 0.263. The molecular formula is C19H22N6O2. The Balaban J connectivity index is 1.55. The van der Waals surface area contributed by atoms with Gasteiger partial charge in [-0.05, 0) is 47.2 Å². The van der Waals surface area contributed by atoms with Crippen molar-refractivity contribution < 1.29 is 9.53 Å². The molecular weight excluding hydrogens is 344 g/mol. The van der Waals surface area contributed by atoms with Gasteiger partial charge in [0.25, 0.3) is 0 Å². The summed E-state index contributed by atoms with van der Waals surface area (Å²) in [5, 5.41) is 15.1. The summed E-state index contributed by atoms with van der Waals surface area (Å²) in [5.74, 6) is 1.09. The molecule has 8 heteroatoms. The highest BCUT2D eigenvalue weighted by Crippen LogP contribution is 2.18. The number of carbonyl (C=O) groups excluding carboxylic acids is 1. The molecule has 1 aromatic heterocycles. The first-order valence-electron chi connectivity index (χ1n) is 8.50. The van der Waals surface area contributed by atoms with Crippen LogP contribution in [0.3, 0.4) is 0 Å². The van der Waals surface area contributed by atoms with Crippen LogP contribution in [0.5, 0.6) is 5.75 Å². The summed E-state index contributed by atoms with van der Waals surface area (Å²) in [6.45, 7) is 0.440. The minimum Gasteiger partial charge on any atom is -0.497 e. The number of aromatic nitrogens is 4. The van der Waals surface area contributed by atoms with Crippen LogP contribution >= 0.6 is 0 Å². The molecule has 0 aliphatic carbocycles. The Morgan fingerprint density at radius 2 is 1.81 bits per heavy atom. The number of amides is 1. The van der Waals surface area contributed by atoms with E-state index in [0.29, 0.717) is 12.4 Å². The lowest BCUT2D eigenvalue weighted by Gasteiger charge is -2.11. The van der Waals surface area contributed by atoms with Crippen molar-refractivity contribution in [2.45, 2.75) is 13.1 Å². The van der Waals surface area contributed by atoms with Crippen LogP contribution in [0.15, 0.2) is 48.5 Å². The molecule has 3 rings (SSSR count). The summed E-state index contributed by atoms with van der Waals surface area (Å²) in [5.41, 5.74) is 2.92. The predicted molar refractivity (Wildman–Crippen MR) is 102 cm³/mol. The van der Waals surface area contributed by atoms with Gasteiger partial charge in [-0.2, -0.15) is 4.80 Å². The van der Waals surface area contributed by atoms with Crippen molar-refractivity contribution in [1.29, 1.82) is 0 Å². The Morgan fingerprint density at radius 3 is 2.44 bits per heavy atom. The second-order valence-corrected chi connectivity index (χ2v) is 6.21. The maximum absolute atomic E-state index is 12.1. The van der Waals surface area contributed by atoms with Crippen molar-refractivity contribution in [3.63, 3.8) is 0 Å². The lowest BCUT2D eigenvalue weighted by molar-refractivity contribution is -0.122. The van der Waals surface area contributed by atoms with Crippen LogP contribution in [0.1, 0.15) is 5.56 Å². The van der Waals surface area contributed by atoms with Gasteiger partial charge < -0.3 is 15.0 Å². The number of nitrogens with one attached hydrogen (secondary N) is 1. The van der Waals surface area contributed by atoms with Gasteiger partial charge in [0, 0.05) is 31.9 Å². The molecule has 0 saturated carbocycles. The SMILES string of the molecule is COc1ccc(CNC(=O)Cn2nnc(-c3ccc(N(C)C)cc3)n2)cc1. The minimum atomic E-state index is -0.183. The molecule has 2 aromatic carbocycles. The normalized spacial score (nSPS) is 10.5. The summed E-state index contributed by atoms with van der Waals surface area (Å²) in [4.78, 5) is 15.4. The highest BCUT2D eigenvalue weighted by Gasteiger charge is 2.09. The molecule has 0 fully saturated rings. The average Bonchev–Trinajstić information content (AvgIpc) is 3.15. The van der Waals surface area contributed by atoms with E-state index in [1.54, 1.807) is 7.11 Å². The van der Waals surface area contributed by atoms with Crippen LogP contribution in [0.2, 0.25) is 0 Å². The number of tetrazole rings is 1. The van der Waals surface area contributed by atoms with E-state index in [4.69, 9.17) is 4.74 Å². The van der Waals surface area contributed by atoms with Crippen LogP contribution in [0, 0.1) is 0 Å². The third-order valence-corrected chi connectivity index (χ3v) is 4.03. The minimum absolute atomic E-state index is 0.0128. The zero-order chi connectivity index (χ0) is 19.2. The van der Waals surface area contributed by atoms with Crippen molar-refractivity contribution >= 4 is 11.6 Å². The number of methoxy groups -OCH3 is 1. The summed E-state index contributed by atoms with van der Waals surface area (Å²) in [6, 6.07) is 15.4. The van der Waals surface area contributed by atoms with E-state index in [9.17, 15) is 4.79 Å². The lowest BCUT2D eigenvalue weighted by atomic mass is 10.2. The smallest absolute Gasteiger partial charge is 0.243 e. The van der Waals surface area contributed by atoms with E-state index >= 15 is 0 Å². The molecule has 0 saturated heterocycles. The largest absolute Gasteiger partial charge is 0.497 e. The molecule has 0 unspecified atom stereocenters. The molecule has 0 spiro atoms. The molecule has 0 atom stereocenters. The first-order valence-corrected chi connectivity index (χ1v) is 8.50. The molecule has 1 heterocycles. The monoisotopic (exact) mass is 366 g/mol. The number of hydrogen-bond acceptors (Lipinski definition) is 6. The lowest BCUT2D eigenvalue weighted by Crippen LogP contribution is -2.28. The van der Waals surface area contributed by atoms with Gasteiger partial charge in [-0.15, -0.1) is 10.2 Å². The molecule has 1 N–H and O–H groups in total. The van der Waals surface area contributed by atoms with E-state index < -0.39 is 0 Å². The summed E-state index contributed by atoms with van der Waals surface area (Å²) < 4.78 is 5.11. The van der Waals surface area contributed by atoms with Gasteiger partial charge in [0.05, 0.1) is 7.11 Å². The number of hydrogen-bond donors (Lipinski definition) is 1. The standard InChI is InChI=1S/C19H22N6O2/c1-24(2)16-8-6-15(7-9-16)19-21-23-25(22-19)13-18(26)20-12-14-4-10-17(27-3)11-5-14/h4-11H,12-13H2,1-3H3,(H,20,26). The molecule has 0 aliphatic rings. The van der Waals surface area contributed by atoms with Gasteiger partial charge in [0.2, 0.25) is 11.7 Å². The molecule has 27 heavy (non-hydrogen) atoms. The van der Waals surface area contributed by atoms with E-state index in [-0.39, 0.29) is 12.5 Å². The third kappa shape index (κ3) is 4.81. The van der Waals surface area contributed by atoms with E-state index in [1.165, 1.54) is 4.80 Å². The topological polar surface area (TPSA) is 85.2 Å². The highest BCUT2D eigenvalue weighted by atomic mass is 16.5. The Morgan fingerprint density at radius 1 is 1.11 bits per heavy atom. The summed E-state index contributed by atoms with van der Waals surface area (Å²) >= 11 is 0. The number of anilines is 1. The zero-order valence-corrected chi connectivity index (χ0v) is 15.6. The maximum Gasteiger partial charge on any atom is 0.243 e. The van der Waals surface area contributed by atoms with Crippen LogP contribution < -0.4 is 15.0 Å². The number of benzene rings is 2. The molecule has 3 aromatic rings. The molecule has 8 nitrogen and oxygen atoms in total. The molecule has 0 aliphatic heterocycles. The zero-order valence-electron chi connectivity index (χ0n) is 15.6. The van der Waals surface area contributed by atoms with Gasteiger partial charge in [0.1, 0.15) is 12.3 Å². The predicted octanol–water partition coefficient (Wildman–Crippen LogP) is 1.73. The number of nitrogens with zero attached hydrogens (tertiary/aromatic N) is 5. The number of rotatable bonds is 7. The second-order valence-electron chi connectivity index (χ2n) is 6.21. The number of ether oxygens (including phenoxy) is 1. The average molecular weight is 366 g/mol.